The van der Waals surface area contributed by atoms with Crippen LogP contribution in [0.15, 0.2) is 18.2 Å². The molecule has 1 fully saturated rings. The zero-order valence-electron chi connectivity index (χ0n) is 13.5. The van der Waals surface area contributed by atoms with E-state index in [-0.39, 0.29) is 5.82 Å². The Labute approximate surface area is 135 Å². The third-order valence-electron chi connectivity index (χ3n) is 4.25. The van der Waals surface area contributed by atoms with Gasteiger partial charge in [0.1, 0.15) is 28.9 Å². The monoisotopic (exact) mass is 309 g/mol. The van der Waals surface area contributed by atoms with Gasteiger partial charge in [-0.1, -0.05) is 0 Å². The third kappa shape index (κ3) is 2.57. The van der Waals surface area contributed by atoms with Crippen molar-refractivity contribution in [3.05, 3.63) is 35.0 Å². The van der Waals surface area contributed by atoms with Crippen LogP contribution in [0.4, 0.5) is 5.82 Å². The Morgan fingerprint density at radius 1 is 1.22 bits per heavy atom. The number of ether oxygens (including phenoxy) is 2. The van der Waals surface area contributed by atoms with Gasteiger partial charge in [0.25, 0.3) is 0 Å². The lowest BCUT2D eigenvalue weighted by Crippen LogP contribution is -2.02. The maximum atomic E-state index is 9.50. The number of methoxy groups -OCH3 is 2. The Balaban J connectivity index is 2.26. The number of nitrogens with zero attached hydrogens (tertiary/aromatic N) is 2. The van der Waals surface area contributed by atoms with Crippen molar-refractivity contribution in [3.8, 4) is 28.7 Å². The van der Waals surface area contributed by atoms with Crippen LogP contribution in [0, 0.1) is 18.3 Å². The standard InChI is InChI=1S/C18H19N3O2/c1-10-16(22-2)7-6-12(17(10)23-3)13-8-15(11-4-5-11)21-18(20)14(13)9-19/h6-8,11H,4-5H2,1-3H3,(H2,20,21). The highest BCUT2D eigenvalue weighted by Gasteiger charge is 2.28. The minimum atomic E-state index is 0.280. The topological polar surface area (TPSA) is 81.2 Å². The Hall–Kier alpha value is -2.74. The van der Waals surface area contributed by atoms with Crippen LogP contribution in [0.1, 0.15) is 35.6 Å². The average molecular weight is 309 g/mol. The molecule has 0 aliphatic heterocycles. The molecule has 1 aliphatic carbocycles. The van der Waals surface area contributed by atoms with Crippen LogP contribution in [-0.2, 0) is 0 Å². The first-order valence-corrected chi connectivity index (χ1v) is 7.53. The van der Waals surface area contributed by atoms with Crippen LogP contribution < -0.4 is 15.2 Å². The lowest BCUT2D eigenvalue weighted by Gasteiger charge is -2.16. The Bertz CT molecular complexity index is 805. The number of pyridine rings is 1. The highest BCUT2D eigenvalue weighted by atomic mass is 16.5. The highest BCUT2D eigenvalue weighted by molar-refractivity contribution is 5.81. The molecule has 1 heterocycles. The molecule has 1 aliphatic rings. The molecular weight excluding hydrogens is 290 g/mol. The van der Waals surface area contributed by atoms with E-state index in [1.807, 2.05) is 25.1 Å². The van der Waals surface area contributed by atoms with E-state index in [4.69, 9.17) is 15.2 Å². The van der Waals surface area contributed by atoms with Crippen molar-refractivity contribution >= 4 is 5.82 Å². The van der Waals surface area contributed by atoms with E-state index in [0.29, 0.717) is 17.2 Å². The summed E-state index contributed by atoms with van der Waals surface area (Å²) in [5.74, 6) is 2.17. The number of anilines is 1. The summed E-state index contributed by atoms with van der Waals surface area (Å²) in [4.78, 5) is 4.39. The van der Waals surface area contributed by atoms with E-state index in [0.717, 1.165) is 41.0 Å². The molecular formula is C18H19N3O2. The van der Waals surface area contributed by atoms with E-state index in [2.05, 4.69) is 11.1 Å². The van der Waals surface area contributed by atoms with Crippen LogP contribution in [-0.4, -0.2) is 19.2 Å². The van der Waals surface area contributed by atoms with E-state index in [9.17, 15) is 5.26 Å². The zero-order chi connectivity index (χ0) is 16.6. The van der Waals surface area contributed by atoms with Crippen molar-refractivity contribution in [1.82, 2.24) is 4.98 Å². The number of hydrogen-bond acceptors (Lipinski definition) is 5. The van der Waals surface area contributed by atoms with Crippen molar-refractivity contribution in [2.75, 3.05) is 20.0 Å². The molecule has 0 amide bonds. The summed E-state index contributed by atoms with van der Waals surface area (Å²) in [5, 5.41) is 9.50. The summed E-state index contributed by atoms with van der Waals surface area (Å²) in [7, 11) is 3.24. The fraction of sp³-hybridized carbons (Fsp3) is 0.333. The lowest BCUT2D eigenvalue weighted by molar-refractivity contribution is 0.390. The lowest BCUT2D eigenvalue weighted by atomic mass is 9.96. The normalized spacial score (nSPS) is 13.5. The van der Waals surface area contributed by atoms with Crippen molar-refractivity contribution in [1.29, 1.82) is 5.26 Å². The molecule has 0 radical (unpaired) electrons. The molecule has 2 aromatic rings. The SMILES string of the molecule is COc1ccc(-c2cc(C3CC3)nc(N)c2C#N)c(OC)c1C. The Morgan fingerprint density at radius 2 is 1.96 bits per heavy atom. The summed E-state index contributed by atoms with van der Waals surface area (Å²) in [6.45, 7) is 1.93. The fourth-order valence-electron chi connectivity index (χ4n) is 2.87. The number of nitrogens with two attached hydrogens (primary N) is 1. The van der Waals surface area contributed by atoms with Gasteiger partial charge in [-0.3, -0.25) is 0 Å². The summed E-state index contributed by atoms with van der Waals surface area (Å²) < 4.78 is 10.9. The van der Waals surface area contributed by atoms with E-state index >= 15 is 0 Å². The molecule has 0 bridgehead atoms. The largest absolute Gasteiger partial charge is 0.496 e. The van der Waals surface area contributed by atoms with Crippen LogP contribution in [0.5, 0.6) is 11.5 Å². The molecule has 1 aromatic carbocycles. The van der Waals surface area contributed by atoms with Gasteiger partial charge in [-0.2, -0.15) is 5.26 Å². The minimum Gasteiger partial charge on any atom is -0.496 e. The maximum Gasteiger partial charge on any atom is 0.142 e. The number of nitrogen functional groups attached to an aromatic ring is 1. The van der Waals surface area contributed by atoms with Gasteiger partial charge in [0.15, 0.2) is 0 Å². The highest BCUT2D eigenvalue weighted by Crippen LogP contribution is 2.44. The zero-order valence-corrected chi connectivity index (χ0v) is 13.5. The molecule has 0 unspecified atom stereocenters. The first-order chi connectivity index (χ1) is 11.1. The van der Waals surface area contributed by atoms with Crippen molar-refractivity contribution < 1.29 is 9.47 Å². The van der Waals surface area contributed by atoms with Crippen molar-refractivity contribution in [2.45, 2.75) is 25.7 Å². The average Bonchev–Trinajstić information content (AvgIpc) is 3.38. The predicted octanol–water partition coefficient (Wildman–Crippen LogP) is 3.41. The quantitative estimate of drug-likeness (QED) is 0.936. The number of rotatable bonds is 4. The van der Waals surface area contributed by atoms with Gasteiger partial charge < -0.3 is 15.2 Å². The summed E-state index contributed by atoms with van der Waals surface area (Å²) in [6, 6.07) is 7.92. The van der Waals surface area contributed by atoms with Gasteiger partial charge in [-0.05, 0) is 38.0 Å². The van der Waals surface area contributed by atoms with Gasteiger partial charge in [-0.15, -0.1) is 0 Å². The smallest absolute Gasteiger partial charge is 0.142 e. The molecule has 23 heavy (non-hydrogen) atoms. The second kappa shape index (κ2) is 5.81. The molecule has 5 nitrogen and oxygen atoms in total. The molecule has 3 rings (SSSR count). The molecule has 1 aromatic heterocycles. The van der Waals surface area contributed by atoms with Crippen LogP contribution in [0.25, 0.3) is 11.1 Å². The van der Waals surface area contributed by atoms with Gasteiger partial charge in [-0.25, -0.2) is 4.98 Å². The van der Waals surface area contributed by atoms with Gasteiger partial charge >= 0.3 is 0 Å². The summed E-state index contributed by atoms with van der Waals surface area (Å²) in [6.07, 6.45) is 2.24. The first kappa shape index (κ1) is 15.2. The van der Waals surface area contributed by atoms with E-state index in [1.54, 1.807) is 14.2 Å². The second-order valence-corrected chi connectivity index (χ2v) is 5.71. The first-order valence-electron chi connectivity index (χ1n) is 7.53. The molecule has 0 atom stereocenters. The summed E-state index contributed by atoms with van der Waals surface area (Å²) >= 11 is 0. The van der Waals surface area contributed by atoms with Crippen molar-refractivity contribution in [3.63, 3.8) is 0 Å². The predicted molar refractivity (Wildman–Crippen MR) is 88.6 cm³/mol. The molecule has 2 N–H and O–H groups in total. The molecule has 118 valence electrons. The Kier molecular flexibility index (Phi) is 3.83. The molecule has 0 saturated heterocycles. The van der Waals surface area contributed by atoms with E-state index < -0.39 is 0 Å². The number of nitriles is 1. The van der Waals surface area contributed by atoms with Crippen LogP contribution in [0.3, 0.4) is 0 Å². The third-order valence-corrected chi connectivity index (χ3v) is 4.25. The van der Waals surface area contributed by atoms with Gasteiger partial charge in [0.05, 0.1) is 14.2 Å². The van der Waals surface area contributed by atoms with Gasteiger partial charge in [0.2, 0.25) is 0 Å². The molecule has 0 spiro atoms. The molecule has 5 heteroatoms. The fourth-order valence-corrected chi connectivity index (χ4v) is 2.87. The Morgan fingerprint density at radius 3 is 2.52 bits per heavy atom. The number of hydrogen-bond donors (Lipinski definition) is 1. The van der Waals surface area contributed by atoms with Gasteiger partial charge in [0, 0.05) is 28.3 Å². The number of aromatic nitrogens is 1. The van der Waals surface area contributed by atoms with Crippen LogP contribution in [0.2, 0.25) is 0 Å². The maximum absolute atomic E-state index is 9.50. The minimum absolute atomic E-state index is 0.280. The second-order valence-electron chi connectivity index (χ2n) is 5.71. The number of benzene rings is 1. The molecule has 1 saturated carbocycles. The van der Waals surface area contributed by atoms with E-state index in [1.165, 1.54) is 0 Å². The van der Waals surface area contributed by atoms with Crippen molar-refractivity contribution in [2.24, 2.45) is 0 Å². The summed E-state index contributed by atoms with van der Waals surface area (Å²) in [5.41, 5.74) is 9.85. The van der Waals surface area contributed by atoms with Crippen LogP contribution >= 0.6 is 0 Å².